The number of urea groups is 1. The molecule has 0 aliphatic heterocycles. The van der Waals surface area contributed by atoms with E-state index in [-0.39, 0.29) is 16.5 Å². The third-order valence-corrected chi connectivity index (χ3v) is 6.28. The van der Waals surface area contributed by atoms with E-state index in [4.69, 9.17) is 4.42 Å². The van der Waals surface area contributed by atoms with Crippen molar-refractivity contribution in [1.82, 2.24) is 5.32 Å². The van der Waals surface area contributed by atoms with Gasteiger partial charge in [0.25, 0.3) is 0 Å². The van der Waals surface area contributed by atoms with Gasteiger partial charge >= 0.3 is 6.03 Å². The van der Waals surface area contributed by atoms with Gasteiger partial charge in [0.2, 0.25) is 0 Å². The van der Waals surface area contributed by atoms with E-state index >= 15 is 0 Å². The van der Waals surface area contributed by atoms with Crippen LogP contribution >= 0.6 is 0 Å². The second kappa shape index (κ2) is 7.63. The van der Waals surface area contributed by atoms with Crippen LogP contribution in [0.5, 0.6) is 0 Å². The molecule has 1 heterocycles. The first kappa shape index (κ1) is 19.9. The maximum Gasteiger partial charge on any atom is 0.319 e. The number of furan rings is 1. The molecule has 0 saturated heterocycles. The summed E-state index contributed by atoms with van der Waals surface area (Å²) in [4.78, 5) is 12.5. The molecule has 28 heavy (non-hydrogen) atoms. The molecule has 2 N–H and O–H groups in total. The molecule has 2 amide bonds. The Balaban J connectivity index is 1.70. The molecule has 6 nitrogen and oxygen atoms in total. The molecule has 3 aromatic rings. The van der Waals surface area contributed by atoms with Gasteiger partial charge in [0.15, 0.2) is 9.84 Å². The average Bonchev–Trinajstić information content (AvgIpc) is 2.98. The lowest BCUT2D eigenvalue weighted by atomic mass is 10.1. The van der Waals surface area contributed by atoms with Crippen LogP contribution in [0.25, 0.3) is 11.0 Å². The smallest absolute Gasteiger partial charge is 0.319 e. The van der Waals surface area contributed by atoms with Crippen molar-refractivity contribution in [3.05, 3.63) is 59.6 Å². The Kier molecular flexibility index (Phi) is 5.42. The van der Waals surface area contributed by atoms with E-state index in [0.717, 1.165) is 5.56 Å². The Morgan fingerprint density at radius 3 is 2.50 bits per heavy atom. The quantitative estimate of drug-likeness (QED) is 0.653. The minimum absolute atomic E-state index is 0.0124. The Bertz CT molecular complexity index is 1120. The van der Waals surface area contributed by atoms with E-state index in [9.17, 15) is 17.6 Å². The van der Waals surface area contributed by atoms with Crippen LogP contribution in [0.2, 0.25) is 0 Å². The fraction of sp³-hybridized carbons (Fsp3) is 0.250. The molecule has 3 rings (SSSR count). The molecule has 0 aliphatic carbocycles. The van der Waals surface area contributed by atoms with Crippen molar-refractivity contribution >= 4 is 32.5 Å². The van der Waals surface area contributed by atoms with Crippen LogP contribution in [0.1, 0.15) is 31.2 Å². The zero-order valence-electron chi connectivity index (χ0n) is 15.7. The van der Waals surface area contributed by atoms with Crippen molar-refractivity contribution in [1.29, 1.82) is 0 Å². The molecule has 1 atom stereocenters. The molecule has 0 fully saturated rings. The Labute approximate surface area is 162 Å². The van der Waals surface area contributed by atoms with Crippen LogP contribution in [-0.2, 0) is 9.84 Å². The number of halogens is 1. The molecule has 0 spiro atoms. The molecule has 0 radical (unpaired) electrons. The lowest BCUT2D eigenvalue weighted by Crippen LogP contribution is -2.31. The number of nitrogens with one attached hydrogen (secondary N) is 2. The second-order valence-electron chi connectivity index (χ2n) is 6.48. The molecular weight excluding hydrogens is 383 g/mol. The maximum atomic E-state index is 13.4. The fourth-order valence-corrected chi connectivity index (χ4v) is 3.85. The molecule has 0 bridgehead atoms. The van der Waals surface area contributed by atoms with E-state index < -0.39 is 21.9 Å². The first-order chi connectivity index (χ1) is 13.2. The largest absolute Gasteiger partial charge is 0.459 e. The van der Waals surface area contributed by atoms with E-state index in [1.807, 2.05) is 6.92 Å². The van der Waals surface area contributed by atoms with E-state index in [0.29, 0.717) is 22.4 Å². The van der Waals surface area contributed by atoms with E-state index in [1.54, 1.807) is 19.9 Å². The van der Waals surface area contributed by atoms with Crippen LogP contribution in [0.4, 0.5) is 14.9 Å². The number of amides is 2. The number of hydrogen-bond donors (Lipinski definition) is 2. The zero-order valence-corrected chi connectivity index (χ0v) is 16.6. The average molecular weight is 404 g/mol. The highest BCUT2D eigenvalue weighted by molar-refractivity contribution is 7.91. The van der Waals surface area contributed by atoms with Crippen molar-refractivity contribution in [2.24, 2.45) is 0 Å². The highest BCUT2D eigenvalue weighted by Gasteiger charge is 2.19. The van der Waals surface area contributed by atoms with Crippen molar-refractivity contribution in [3.8, 4) is 0 Å². The summed E-state index contributed by atoms with van der Waals surface area (Å²) in [6.07, 6.45) is 0. The summed E-state index contributed by atoms with van der Waals surface area (Å²) < 4.78 is 42.9. The third kappa shape index (κ3) is 4.01. The predicted molar refractivity (Wildman–Crippen MR) is 106 cm³/mol. The predicted octanol–water partition coefficient (Wildman–Crippen LogP) is 4.56. The number of aryl methyl sites for hydroxylation is 1. The van der Waals surface area contributed by atoms with Gasteiger partial charge in [-0.2, -0.15) is 0 Å². The van der Waals surface area contributed by atoms with Gasteiger partial charge in [-0.1, -0.05) is 6.92 Å². The number of benzene rings is 2. The SMILES string of the molecule is CCS(=O)(=O)c1ccc(NC(=O)N[C@H](C)c2oc3ccc(F)cc3c2C)cc1. The van der Waals surface area contributed by atoms with Crippen LogP contribution in [0, 0.1) is 12.7 Å². The standard InChI is InChI=1S/C20H21FN2O4S/c1-4-28(25,26)16-8-6-15(7-9-16)23-20(24)22-13(3)19-12(2)17-11-14(21)5-10-18(17)27-19/h5-11,13H,4H2,1-3H3,(H2,22,23,24)/t13-/m1/s1. The lowest BCUT2D eigenvalue weighted by molar-refractivity contribution is 0.248. The molecule has 148 valence electrons. The molecule has 8 heteroatoms. The number of fused-ring (bicyclic) bond motifs is 1. The first-order valence-corrected chi connectivity index (χ1v) is 10.5. The fourth-order valence-electron chi connectivity index (χ4n) is 2.97. The molecule has 0 unspecified atom stereocenters. The molecule has 2 aromatic carbocycles. The number of carbonyl (C=O) groups is 1. The Morgan fingerprint density at radius 2 is 1.86 bits per heavy atom. The van der Waals surface area contributed by atoms with Gasteiger partial charge in [0.1, 0.15) is 17.2 Å². The third-order valence-electron chi connectivity index (χ3n) is 4.53. The molecular formula is C20H21FN2O4S. The molecule has 0 aliphatic rings. The first-order valence-electron chi connectivity index (χ1n) is 8.80. The number of hydrogen-bond acceptors (Lipinski definition) is 4. The van der Waals surface area contributed by atoms with Crippen molar-refractivity contribution in [2.75, 3.05) is 11.1 Å². The van der Waals surface area contributed by atoms with Crippen LogP contribution in [0.15, 0.2) is 51.8 Å². The zero-order chi connectivity index (χ0) is 20.5. The summed E-state index contributed by atoms with van der Waals surface area (Å²) in [6.45, 7) is 5.14. The van der Waals surface area contributed by atoms with E-state index in [2.05, 4.69) is 10.6 Å². The highest BCUT2D eigenvalue weighted by Crippen LogP contribution is 2.30. The van der Waals surface area contributed by atoms with Crippen LogP contribution in [-0.4, -0.2) is 20.2 Å². The Hall–Kier alpha value is -2.87. The second-order valence-corrected chi connectivity index (χ2v) is 8.76. The number of sulfone groups is 1. The highest BCUT2D eigenvalue weighted by atomic mass is 32.2. The number of carbonyl (C=O) groups excluding carboxylic acids is 1. The van der Waals surface area contributed by atoms with Crippen LogP contribution in [0.3, 0.4) is 0 Å². The normalized spacial score (nSPS) is 12.7. The Morgan fingerprint density at radius 1 is 1.18 bits per heavy atom. The topological polar surface area (TPSA) is 88.4 Å². The minimum Gasteiger partial charge on any atom is -0.459 e. The van der Waals surface area contributed by atoms with Crippen molar-refractivity contribution in [3.63, 3.8) is 0 Å². The van der Waals surface area contributed by atoms with Crippen molar-refractivity contribution in [2.45, 2.75) is 31.7 Å². The maximum absolute atomic E-state index is 13.4. The summed E-state index contributed by atoms with van der Waals surface area (Å²) in [5.41, 5.74) is 1.77. The van der Waals surface area contributed by atoms with E-state index in [1.165, 1.54) is 36.4 Å². The van der Waals surface area contributed by atoms with Gasteiger partial charge in [-0.25, -0.2) is 17.6 Å². The van der Waals surface area contributed by atoms with Gasteiger partial charge in [-0.3, -0.25) is 0 Å². The monoisotopic (exact) mass is 404 g/mol. The summed E-state index contributed by atoms with van der Waals surface area (Å²) >= 11 is 0. The summed E-state index contributed by atoms with van der Waals surface area (Å²) in [5, 5.41) is 6.08. The van der Waals surface area contributed by atoms with Gasteiger partial charge in [-0.05, 0) is 56.3 Å². The van der Waals surface area contributed by atoms with Gasteiger partial charge in [0, 0.05) is 16.6 Å². The summed E-state index contributed by atoms with van der Waals surface area (Å²) in [6, 6.07) is 9.33. The molecule has 1 aromatic heterocycles. The molecule has 0 saturated carbocycles. The van der Waals surface area contributed by atoms with Gasteiger partial charge in [0.05, 0.1) is 16.7 Å². The number of rotatable bonds is 5. The van der Waals surface area contributed by atoms with Gasteiger partial charge in [-0.15, -0.1) is 0 Å². The van der Waals surface area contributed by atoms with Crippen LogP contribution < -0.4 is 10.6 Å². The van der Waals surface area contributed by atoms with Crippen molar-refractivity contribution < 1.29 is 22.0 Å². The minimum atomic E-state index is -3.29. The summed E-state index contributed by atoms with van der Waals surface area (Å²) in [7, 11) is -3.29. The number of anilines is 1. The van der Waals surface area contributed by atoms with Gasteiger partial charge < -0.3 is 15.1 Å². The summed E-state index contributed by atoms with van der Waals surface area (Å²) in [5.74, 6) is 0.202. The lowest BCUT2D eigenvalue weighted by Gasteiger charge is -2.14.